The number of carbonyl (C=O) groups is 1. The van der Waals surface area contributed by atoms with Gasteiger partial charge in [0, 0.05) is 35.2 Å². The molecular formula is C23H24N2O. The van der Waals surface area contributed by atoms with Gasteiger partial charge in [0.1, 0.15) is 0 Å². The molecule has 3 aromatic rings. The molecule has 0 fully saturated rings. The van der Waals surface area contributed by atoms with Crippen LogP contribution in [-0.2, 0) is 13.0 Å². The number of aromatic nitrogens is 1. The summed E-state index contributed by atoms with van der Waals surface area (Å²) in [6.45, 7) is 5.88. The molecule has 1 atom stereocenters. The maximum absolute atomic E-state index is 13.3. The van der Waals surface area contributed by atoms with Gasteiger partial charge in [-0.1, -0.05) is 29.8 Å². The SMILES string of the molecule is Cc1ccc2c(c1)c1c3n2CCN(C(=O)c2ccccc2C)C3CCC1. The van der Waals surface area contributed by atoms with Gasteiger partial charge >= 0.3 is 0 Å². The molecule has 0 N–H and O–H groups in total. The first kappa shape index (κ1) is 15.7. The number of fused-ring (bicyclic) bond motifs is 3. The predicted molar refractivity (Wildman–Crippen MR) is 105 cm³/mol. The number of rotatable bonds is 1. The van der Waals surface area contributed by atoms with E-state index in [2.05, 4.69) is 34.6 Å². The number of amides is 1. The lowest BCUT2D eigenvalue weighted by molar-refractivity contribution is 0.0600. The van der Waals surface area contributed by atoms with Crippen LogP contribution in [0.3, 0.4) is 0 Å². The van der Waals surface area contributed by atoms with Gasteiger partial charge in [0.2, 0.25) is 0 Å². The highest BCUT2D eigenvalue weighted by atomic mass is 16.2. The molecule has 0 bridgehead atoms. The summed E-state index contributed by atoms with van der Waals surface area (Å²) in [5.74, 6) is 0.189. The second kappa shape index (κ2) is 5.73. The van der Waals surface area contributed by atoms with Crippen molar-refractivity contribution in [2.24, 2.45) is 0 Å². The molecule has 5 rings (SSSR count). The smallest absolute Gasteiger partial charge is 0.254 e. The highest BCUT2D eigenvalue weighted by Crippen LogP contribution is 2.43. The third kappa shape index (κ3) is 2.16. The zero-order valence-electron chi connectivity index (χ0n) is 15.5. The number of benzene rings is 2. The minimum absolute atomic E-state index is 0.189. The van der Waals surface area contributed by atoms with Crippen LogP contribution >= 0.6 is 0 Å². The van der Waals surface area contributed by atoms with E-state index in [1.807, 2.05) is 31.2 Å². The van der Waals surface area contributed by atoms with Crippen LogP contribution in [0.2, 0.25) is 0 Å². The lowest BCUT2D eigenvalue weighted by Crippen LogP contribution is -2.43. The predicted octanol–water partition coefficient (Wildman–Crippen LogP) is 4.79. The molecule has 1 amide bonds. The lowest BCUT2D eigenvalue weighted by Gasteiger charge is -2.40. The summed E-state index contributed by atoms with van der Waals surface area (Å²) in [6, 6.07) is 15.0. The first-order valence-electron chi connectivity index (χ1n) is 9.63. The molecule has 0 saturated heterocycles. The number of aryl methyl sites for hydroxylation is 3. The molecule has 132 valence electrons. The molecule has 2 aliphatic rings. The van der Waals surface area contributed by atoms with Crippen LogP contribution in [0.5, 0.6) is 0 Å². The molecule has 2 aromatic carbocycles. The number of nitrogens with zero attached hydrogens (tertiary/aromatic N) is 2. The molecule has 1 aliphatic heterocycles. The van der Waals surface area contributed by atoms with Crippen molar-refractivity contribution in [2.75, 3.05) is 6.54 Å². The number of carbonyl (C=O) groups excluding carboxylic acids is 1. The zero-order valence-corrected chi connectivity index (χ0v) is 15.5. The van der Waals surface area contributed by atoms with E-state index >= 15 is 0 Å². The largest absolute Gasteiger partial charge is 0.341 e. The molecule has 1 aromatic heterocycles. The van der Waals surface area contributed by atoms with Crippen LogP contribution in [0.25, 0.3) is 10.9 Å². The Morgan fingerprint density at radius 3 is 2.77 bits per heavy atom. The maximum Gasteiger partial charge on any atom is 0.254 e. The first-order valence-corrected chi connectivity index (χ1v) is 9.63. The highest BCUT2D eigenvalue weighted by Gasteiger charge is 2.37. The Morgan fingerprint density at radius 2 is 1.92 bits per heavy atom. The van der Waals surface area contributed by atoms with Crippen molar-refractivity contribution in [2.45, 2.75) is 45.7 Å². The average molecular weight is 344 g/mol. The Morgan fingerprint density at radius 1 is 1.08 bits per heavy atom. The first-order chi connectivity index (χ1) is 12.6. The molecule has 26 heavy (non-hydrogen) atoms. The van der Waals surface area contributed by atoms with Crippen LogP contribution in [-0.4, -0.2) is 21.9 Å². The standard InChI is InChI=1S/C23H24N2O/c1-15-10-11-20-19(14-15)18-8-5-9-21-22(18)24(20)12-13-25(21)23(26)17-7-4-3-6-16(17)2/h3-4,6-7,10-11,14,21H,5,8-9,12-13H2,1-2H3. The topological polar surface area (TPSA) is 25.2 Å². The Labute approximate surface area is 154 Å². The van der Waals surface area contributed by atoms with Crippen LogP contribution in [0.15, 0.2) is 42.5 Å². The molecule has 1 unspecified atom stereocenters. The van der Waals surface area contributed by atoms with E-state index in [0.717, 1.165) is 43.5 Å². The van der Waals surface area contributed by atoms with Gasteiger partial charge in [-0.15, -0.1) is 0 Å². The second-order valence-corrected chi connectivity index (χ2v) is 7.76. The van der Waals surface area contributed by atoms with E-state index in [4.69, 9.17) is 0 Å². The van der Waals surface area contributed by atoms with Crippen LogP contribution in [0, 0.1) is 13.8 Å². The minimum atomic E-state index is 0.189. The Hall–Kier alpha value is -2.55. The van der Waals surface area contributed by atoms with Gasteiger partial charge in [0.25, 0.3) is 5.91 Å². The Balaban J connectivity index is 1.64. The van der Waals surface area contributed by atoms with Crippen molar-refractivity contribution in [1.29, 1.82) is 0 Å². The van der Waals surface area contributed by atoms with Gasteiger partial charge in [0.05, 0.1) is 6.04 Å². The van der Waals surface area contributed by atoms with E-state index in [0.29, 0.717) is 0 Å². The van der Waals surface area contributed by atoms with Gasteiger partial charge < -0.3 is 9.47 Å². The van der Waals surface area contributed by atoms with Crippen molar-refractivity contribution in [1.82, 2.24) is 9.47 Å². The van der Waals surface area contributed by atoms with Crippen molar-refractivity contribution in [3.63, 3.8) is 0 Å². The molecule has 1 aliphatic carbocycles. The molecule has 0 saturated carbocycles. The van der Waals surface area contributed by atoms with Gasteiger partial charge in [-0.3, -0.25) is 4.79 Å². The summed E-state index contributed by atoms with van der Waals surface area (Å²) in [5.41, 5.74) is 7.43. The zero-order chi connectivity index (χ0) is 17.8. The summed E-state index contributed by atoms with van der Waals surface area (Å²) in [7, 11) is 0. The van der Waals surface area contributed by atoms with E-state index in [9.17, 15) is 4.79 Å². The lowest BCUT2D eigenvalue weighted by atomic mass is 9.89. The fourth-order valence-corrected chi connectivity index (χ4v) is 4.93. The van der Waals surface area contributed by atoms with Crippen molar-refractivity contribution >= 4 is 16.8 Å². The van der Waals surface area contributed by atoms with E-state index < -0.39 is 0 Å². The molecule has 2 heterocycles. The quantitative estimate of drug-likeness (QED) is 0.623. The highest BCUT2D eigenvalue weighted by molar-refractivity contribution is 5.96. The van der Waals surface area contributed by atoms with E-state index in [-0.39, 0.29) is 11.9 Å². The van der Waals surface area contributed by atoms with E-state index in [1.165, 1.54) is 27.7 Å². The molecular weight excluding hydrogens is 320 g/mol. The van der Waals surface area contributed by atoms with Gasteiger partial charge in [-0.05, 0) is 62.4 Å². The maximum atomic E-state index is 13.3. The Bertz CT molecular complexity index is 1030. The van der Waals surface area contributed by atoms with Crippen molar-refractivity contribution < 1.29 is 4.79 Å². The second-order valence-electron chi connectivity index (χ2n) is 7.76. The van der Waals surface area contributed by atoms with Crippen molar-refractivity contribution in [3.05, 3.63) is 70.4 Å². The summed E-state index contributed by atoms with van der Waals surface area (Å²) in [5, 5.41) is 1.40. The van der Waals surface area contributed by atoms with E-state index in [1.54, 1.807) is 0 Å². The van der Waals surface area contributed by atoms with Crippen LogP contribution < -0.4 is 0 Å². The third-order valence-electron chi connectivity index (χ3n) is 6.16. The monoisotopic (exact) mass is 344 g/mol. The fraction of sp³-hybridized carbons (Fsp3) is 0.348. The van der Waals surface area contributed by atoms with Crippen molar-refractivity contribution in [3.8, 4) is 0 Å². The van der Waals surface area contributed by atoms with Gasteiger partial charge in [0.15, 0.2) is 0 Å². The number of hydrogen-bond acceptors (Lipinski definition) is 1. The molecule has 0 radical (unpaired) electrons. The third-order valence-corrected chi connectivity index (χ3v) is 6.16. The number of hydrogen-bond donors (Lipinski definition) is 0. The average Bonchev–Trinajstić information content (AvgIpc) is 2.97. The normalized spacial score (nSPS) is 18.8. The van der Waals surface area contributed by atoms with Gasteiger partial charge in [-0.25, -0.2) is 0 Å². The summed E-state index contributed by atoms with van der Waals surface area (Å²) < 4.78 is 2.48. The minimum Gasteiger partial charge on any atom is -0.341 e. The summed E-state index contributed by atoms with van der Waals surface area (Å²) in [6.07, 6.45) is 3.35. The van der Waals surface area contributed by atoms with Crippen LogP contribution in [0.4, 0.5) is 0 Å². The summed E-state index contributed by atoms with van der Waals surface area (Å²) >= 11 is 0. The molecule has 3 heteroatoms. The molecule has 0 spiro atoms. The fourth-order valence-electron chi connectivity index (χ4n) is 4.93. The van der Waals surface area contributed by atoms with Crippen LogP contribution in [0.1, 0.15) is 51.6 Å². The van der Waals surface area contributed by atoms with Gasteiger partial charge in [-0.2, -0.15) is 0 Å². The molecule has 3 nitrogen and oxygen atoms in total. The Kier molecular flexibility index (Phi) is 3.46. The summed E-state index contributed by atoms with van der Waals surface area (Å²) in [4.78, 5) is 15.5.